The molecule has 7 heteroatoms. The Hall–Kier alpha value is -2.38. The zero-order valence-electron chi connectivity index (χ0n) is 12.9. The number of aryl methyl sites for hydroxylation is 1. The van der Waals surface area contributed by atoms with Gasteiger partial charge in [-0.1, -0.05) is 18.2 Å². The molecule has 1 aliphatic rings. The predicted molar refractivity (Wildman–Crippen MR) is 91.6 cm³/mol. The number of hydrogen-bond acceptors (Lipinski definition) is 5. The molecule has 3 N–H and O–H groups in total. The second kappa shape index (κ2) is 7.02. The summed E-state index contributed by atoms with van der Waals surface area (Å²) >= 11 is 1.33. The molecule has 24 heavy (non-hydrogen) atoms. The fourth-order valence-electron chi connectivity index (χ4n) is 2.22. The van der Waals surface area contributed by atoms with Gasteiger partial charge in [0.2, 0.25) is 5.84 Å². The van der Waals surface area contributed by atoms with E-state index in [9.17, 15) is 14.3 Å². The zero-order chi connectivity index (χ0) is 17.1. The molecule has 0 aliphatic carbocycles. The number of nitrogens with zero attached hydrogens (tertiary/aromatic N) is 1. The topological polar surface area (TPSA) is 73.7 Å². The molecule has 0 saturated carbocycles. The molecule has 1 amide bonds. The van der Waals surface area contributed by atoms with Crippen LogP contribution in [0.15, 0.2) is 52.4 Å². The lowest BCUT2D eigenvalue weighted by molar-refractivity contribution is -0.115. The number of aliphatic hydroxyl groups excluding tert-OH is 1. The molecule has 0 aromatic heterocycles. The highest BCUT2D eigenvalue weighted by Gasteiger charge is 2.19. The number of benzene rings is 2. The number of aliphatic imine (C=N–C) groups is 1. The standard InChI is InChI=1S/C17H16FN3O2S/c1-10-2-7-13-15(8-10)24-21-16(20-13)17(23)19-9-14(22)11-3-5-12(18)6-4-11/h2-8,14,22H,9H2,1H3,(H,19,23)(H,20,21). The van der Waals surface area contributed by atoms with Crippen molar-refractivity contribution in [1.82, 2.24) is 10.0 Å². The number of amides is 1. The molecule has 1 atom stereocenters. The lowest BCUT2D eigenvalue weighted by atomic mass is 10.1. The lowest BCUT2D eigenvalue weighted by Crippen LogP contribution is -2.40. The van der Waals surface area contributed by atoms with Crippen molar-refractivity contribution >= 4 is 29.4 Å². The van der Waals surface area contributed by atoms with E-state index in [-0.39, 0.29) is 18.2 Å². The molecule has 2 aromatic carbocycles. The highest BCUT2D eigenvalue weighted by molar-refractivity contribution is 7.98. The van der Waals surface area contributed by atoms with E-state index in [1.807, 2.05) is 25.1 Å². The summed E-state index contributed by atoms with van der Waals surface area (Å²) in [5, 5.41) is 12.7. The predicted octanol–water partition coefficient (Wildman–Crippen LogP) is 2.62. The van der Waals surface area contributed by atoms with Gasteiger partial charge in [0.25, 0.3) is 5.91 Å². The third-order valence-corrected chi connectivity index (χ3v) is 4.37. The van der Waals surface area contributed by atoms with E-state index >= 15 is 0 Å². The van der Waals surface area contributed by atoms with Gasteiger partial charge < -0.3 is 15.1 Å². The number of aliphatic hydroxyl groups is 1. The molecular formula is C17H16FN3O2S. The Morgan fingerprint density at radius 3 is 2.83 bits per heavy atom. The number of amidine groups is 1. The van der Waals surface area contributed by atoms with Crippen LogP contribution in [-0.2, 0) is 4.79 Å². The highest BCUT2D eigenvalue weighted by Crippen LogP contribution is 2.31. The van der Waals surface area contributed by atoms with E-state index in [1.54, 1.807) is 0 Å². The summed E-state index contributed by atoms with van der Waals surface area (Å²) in [7, 11) is 0. The fourth-order valence-corrected chi connectivity index (χ4v) is 3.02. The van der Waals surface area contributed by atoms with Crippen molar-refractivity contribution in [1.29, 1.82) is 0 Å². The number of fused-ring (bicyclic) bond motifs is 1. The Balaban J connectivity index is 1.63. The third-order valence-electron chi connectivity index (χ3n) is 3.53. The quantitative estimate of drug-likeness (QED) is 0.745. The van der Waals surface area contributed by atoms with Crippen molar-refractivity contribution in [2.45, 2.75) is 17.9 Å². The van der Waals surface area contributed by atoms with Crippen molar-refractivity contribution < 1.29 is 14.3 Å². The second-order valence-electron chi connectivity index (χ2n) is 5.41. The summed E-state index contributed by atoms with van der Waals surface area (Å²) in [4.78, 5) is 17.4. The van der Waals surface area contributed by atoms with Crippen LogP contribution in [0.25, 0.3) is 0 Å². The Labute approximate surface area is 143 Å². The van der Waals surface area contributed by atoms with Gasteiger partial charge in [-0.15, -0.1) is 0 Å². The van der Waals surface area contributed by atoms with Crippen LogP contribution in [-0.4, -0.2) is 23.4 Å². The fraction of sp³-hybridized carbons (Fsp3) is 0.176. The van der Waals surface area contributed by atoms with Crippen LogP contribution in [0, 0.1) is 12.7 Å². The first-order valence-electron chi connectivity index (χ1n) is 7.37. The summed E-state index contributed by atoms with van der Waals surface area (Å²) in [5.41, 5.74) is 2.38. The van der Waals surface area contributed by atoms with Crippen LogP contribution in [0.1, 0.15) is 17.2 Å². The molecule has 1 unspecified atom stereocenters. The van der Waals surface area contributed by atoms with Gasteiger partial charge in [0, 0.05) is 6.54 Å². The third kappa shape index (κ3) is 3.74. The second-order valence-corrected chi connectivity index (χ2v) is 6.26. The summed E-state index contributed by atoms with van der Waals surface area (Å²) in [6, 6.07) is 11.3. The van der Waals surface area contributed by atoms with Gasteiger partial charge in [-0.3, -0.25) is 4.79 Å². The number of carbonyl (C=O) groups is 1. The Morgan fingerprint density at radius 2 is 2.08 bits per heavy atom. The van der Waals surface area contributed by atoms with Crippen molar-refractivity contribution in [2.24, 2.45) is 4.99 Å². The molecule has 0 fully saturated rings. The van der Waals surface area contributed by atoms with Crippen molar-refractivity contribution in [2.75, 3.05) is 6.54 Å². The van der Waals surface area contributed by atoms with Crippen LogP contribution in [0.4, 0.5) is 10.1 Å². The minimum Gasteiger partial charge on any atom is -0.387 e. The van der Waals surface area contributed by atoms with Gasteiger partial charge in [-0.05, 0) is 54.3 Å². The maximum atomic E-state index is 12.9. The first kappa shape index (κ1) is 16.5. The van der Waals surface area contributed by atoms with E-state index in [2.05, 4.69) is 15.0 Å². The van der Waals surface area contributed by atoms with E-state index in [1.165, 1.54) is 36.2 Å². The van der Waals surface area contributed by atoms with E-state index in [0.29, 0.717) is 5.56 Å². The zero-order valence-corrected chi connectivity index (χ0v) is 13.7. The van der Waals surface area contributed by atoms with Crippen LogP contribution >= 0.6 is 11.9 Å². The van der Waals surface area contributed by atoms with Crippen molar-refractivity contribution in [3.63, 3.8) is 0 Å². The number of carbonyl (C=O) groups excluding carboxylic acids is 1. The van der Waals surface area contributed by atoms with E-state index < -0.39 is 12.0 Å². The Bertz CT molecular complexity index is 793. The molecule has 124 valence electrons. The molecular weight excluding hydrogens is 329 g/mol. The highest BCUT2D eigenvalue weighted by atomic mass is 32.2. The van der Waals surface area contributed by atoms with Gasteiger partial charge in [-0.2, -0.15) is 0 Å². The number of nitrogens with one attached hydrogen (secondary N) is 2. The number of halogens is 1. The first-order chi connectivity index (χ1) is 11.5. The SMILES string of the molecule is Cc1ccc2c(c1)SNC(C(=O)NCC(O)c1ccc(F)cc1)=N2. The van der Waals surface area contributed by atoms with Gasteiger partial charge in [0.05, 0.1) is 16.7 Å². The maximum Gasteiger partial charge on any atom is 0.287 e. The molecule has 0 radical (unpaired) electrons. The average molecular weight is 345 g/mol. The number of rotatable bonds is 4. The molecule has 3 rings (SSSR count). The maximum absolute atomic E-state index is 12.9. The monoisotopic (exact) mass is 345 g/mol. The average Bonchev–Trinajstić information content (AvgIpc) is 2.59. The largest absolute Gasteiger partial charge is 0.387 e. The van der Waals surface area contributed by atoms with Gasteiger partial charge >= 0.3 is 0 Å². The number of hydrogen-bond donors (Lipinski definition) is 3. The summed E-state index contributed by atoms with van der Waals surface area (Å²) in [5.74, 6) is -0.598. The lowest BCUT2D eigenvalue weighted by Gasteiger charge is -2.17. The normalized spacial score (nSPS) is 14.2. The van der Waals surface area contributed by atoms with Crippen LogP contribution in [0.2, 0.25) is 0 Å². The van der Waals surface area contributed by atoms with Gasteiger partial charge in [0.15, 0.2) is 0 Å². The summed E-state index contributed by atoms with van der Waals surface area (Å²) in [6.45, 7) is 2.00. The van der Waals surface area contributed by atoms with E-state index in [4.69, 9.17) is 0 Å². The Kier molecular flexibility index (Phi) is 4.82. The summed E-state index contributed by atoms with van der Waals surface area (Å²) in [6.07, 6.45) is -0.915. The molecule has 0 saturated heterocycles. The van der Waals surface area contributed by atoms with Gasteiger partial charge in [-0.25, -0.2) is 9.38 Å². The van der Waals surface area contributed by atoms with E-state index in [0.717, 1.165) is 16.1 Å². The van der Waals surface area contributed by atoms with Crippen LogP contribution in [0.3, 0.4) is 0 Å². The van der Waals surface area contributed by atoms with Crippen LogP contribution in [0.5, 0.6) is 0 Å². The van der Waals surface area contributed by atoms with Gasteiger partial charge in [0.1, 0.15) is 5.82 Å². The first-order valence-corrected chi connectivity index (χ1v) is 8.18. The van der Waals surface area contributed by atoms with Crippen LogP contribution < -0.4 is 10.0 Å². The molecule has 1 aliphatic heterocycles. The molecule has 5 nitrogen and oxygen atoms in total. The van der Waals surface area contributed by atoms with Crippen molar-refractivity contribution in [3.8, 4) is 0 Å². The molecule has 0 bridgehead atoms. The smallest absolute Gasteiger partial charge is 0.287 e. The minimum absolute atomic E-state index is 0.0105. The minimum atomic E-state index is -0.915. The van der Waals surface area contributed by atoms with Crippen molar-refractivity contribution in [3.05, 3.63) is 59.4 Å². The molecule has 0 spiro atoms. The molecule has 1 heterocycles. The molecule has 2 aromatic rings. The Morgan fingerprint density at radius 1 is 1.33 bits per heavy atom. The summed E-state index contributed by atoms with van der Waals surface area (Å²) < 4.78 is 15.8.